The average molecular weight is 251 g/mol. The van der Waals surface area contributed by atoms with Crippen molar-refractivity contribution in [3.63, 3.8) is 0 Å². The molecule has 4 nitrogen and oxygen atoms in total. The molecule has 0 atom stereocenters. The van der Waals surface area contributed by atoms with Crippen molar-refractivity contribution in [3.8, 4) is 0 Å². The highest BCUT2D eigenvalue weighted by molar-refractivity contribution is 5.98. The SMILES string of the molecule is O=C(NCc1cnc[nH]1)c1ccc2ccccc2c1. The van der Waals surface area contributed by atoms with Crippen molar-refractivity contribution >= 4 is 16.7 Å². The molecule has 0 saturated heterocycles. The minimum atomic E-state index is -0.0830. The largest absolute Gasteiger partial charge is 0.347 e. The van der Waals surface area contributed by atoms with Crippen LogP contribution in [0.15, 0.2) is 55.0 Å². The Labute approximate surface area is 110 Å². The van der Waals surface area contributed by atoms with E-state index < -0.39 is 0 Å². The lowest BCUT2D eigenvalue weighted by molar-refractivity contribution is 0.0950. The quantitative estimate of drug-likeness (QED) is 0.751. The predicted molar refractivity (Wildman–Crippen MR) is 73.7 cm³/mol. The van der Waals surface area contributed by atoms with E-state index in [9.17, 15) is 4.79 Å². The first-order valence-corrected chi connectivity index (χ1v) is 6.07. The van der Waals surface area contributed by atoms with Gasteiger partial charge in [0, 0.05) is 11.8 Å². The molecule has 0 bridgehead atoms. The van der Waals surface area contributed by atoms with E-state index in [0.717, 1.165) is 16.5 Å². The third-order valence-corrected chi connectivity index (χ3v) is 3.01. The lowest BCUT2D eigenvalue weighted by Crippen LogP contribution is -2.22. The standard InChI is InChI=1S/C15H13N3O/c19-15(17-9-14-8-16-10-18-14)13-6-5-11-3-1-2-4-12(11)7-13/h1-8,10H,9H2,(H,16,18)(H,17,19). The maximum atomic E-state index is 12.0. The lowest BCUT2D eigenvalue weighted by atomic mass is 10.1. The molecule has 4 heteroatoms. The van der Waals surface area contributed by atoms with Gasteiger partial charge in [0.2, 0.25) is 0 Å². The Hall–Kier alpha value is -2.62. The first kappa shape index (κ1) is 11.5. The van der Waals surface area contributed by atoms with E-state index in [0.29, 0.717) is 12.1 Å². The zero-order valence-corrected chi connectivity index (χ0v) is 10.3. The number of H-pyrrole nitrogens is 1. The van der Waals surface area contributed by atoms with Crippen LogP contribution in [0.1, 0.15) is 16.1 Å². The summed E-state index contributed by atoms with van der Waals surface area (Å²) < 4.78 is 0. The third-order valence-electron chi connectivity index (χ3n) is 3.01. The van der Waals surface area contributed by atoms with Crippen LogP contribution in [0.5, 0.6) is 0 Å². The number of hydrogen-bond donors (Lipinski definition) is 2. The smallest absolute Gasteiger partial charge is 0.251 e. The summed E-state index contributed by atoms with van der Waals surface area (Å²) >= 11 is 0. The van der Waals surface area contributed by atoms with Gasteiger partial charge in [0.15, 0.2) is 0 Å². The van der Waals surface area contributed by atoms with Crippen molar-refractivity contribution in [3.05, 3.63) is 66.2 Å². The number of benzene rings is 2. The number of amides is 1. The molecule has 0 radical (unpaired) electrons. The van der Waals surface area contributed by atoms with Crippen molar-refractivity contribution in [2.75, 3.05) is 0 Å². The molecule has 1 aromatic heterocycles. The zero-order chi connectivity index (χ0) is 13.1. The van der Waals surface area contributed by atoms with E-state index in [1.807, 2.05) is 42.5 Å². The Balaban J connectivity index is 1.77. The van der Waals surface area contributed by atoms with Crippen molar-refractivity contribution in [2.45, 2.75) is 6.54 Å². The van der Waals surface area contributed by atoms with Gasteiger partial charge >= 0.3 is 0 Å². The van der Waals surface area contributed by atoms with Crippen molar-refractivity contribution < 1.29 is 4.79 Å². The molecule has 0 saturated carbocycles. The predicted octanol–water partition coefficient (Wildman–Crippen LogP) is 2.49. The number of carbonyl (C=O) groups is 1. The molecule has 19 heavy (non-hydrogen) atoms. The topological polar surface area (TPSA) is 57.8 Å². The van der Waals surface area contributed by atoms with E-state index in [-0.39, 0.29) is 5.91 Å². The molecule has 0 fully saturated rings. The summed E-state index contributed by atoms with van der Waals surface area (Å²) in [5.74, 6) is -0.0830. The normalized spacial score (nSPS) is 10.5. The van der Waals surface area contributed by atoms with E-state index in [4.69, 9.17) is 0 Å². The molecule has 3 rings (SSSR count). The van der Waals surface area contributed by atoms with Gasteiger partial charge in [0.25, 0.3) is 5.91 Å². The van der Waals surface area contributed by atoms with Gasteiger partial charge in [0.05, 0.1) is 18.6 Å². The number of hydrogen-bond acceptors (Lipinski definition) is 2. The molecule has 3 aromatic rings. The second-order valence-electron chi connectivity index (χ2n) is 4.32. The maximum Gasteiger partial charge on any atom is 0.251 e. The Morgan fingerprint density at radius 1 is 1.16 bits per heavy atom. The Morgan fingerprint density at radius 2 is 2.00 bits per heavy atom. The second kappa shape index (κ2) is 4.94. The number of aromatic amines is 1. The third kappa shape index (κ3) is 2.47. The number of imidazole rings is 1. The number of nitrogens with one attached hydrogen (secondary N) is 2. The summed E-state index contributed by atoms with van der Waals surface area (Å²) in [6, 6.07) is 13.7. The van der Waals surface area contributed by atoms with Crippen molar-refractivity contribution in [1.82, 2.24) is 15.3 Å². The summed E-state index contributed by atoms with van der Waals surface area (Å²) in [6.45, 7) is 0.450. The molecule has 1 heterocycles. The van der Waals surface area contributed by atoms with Gasteiger partial charge in [-0.25, -0.2) is 4.98 Å². The number of carbonyl (C=O) groups excluding carboxylic acids is 1. The summed E-state index contributed by atoms with van der Waals surface area (Å²) in [5.41, 5.74) is 1.55. The molecule has 0 aliphatic heterocycles. The van der Waals surface area contributed by atoms with Crippen LogP contribution in [0.25, 0.3) is 10.8 Å². The van der Waals surface area contributed by atoms with Crippen LogP contribution in [-0.2, 0) is 6.54 Å². The summed E-state index contributed by atoms with van der Waals surface area (Å²) in [5, 5.41) is 5.05. The molecular formula is C15H13N3O. The highest BCUT2D eigenvalue weighted by Crippen LogP contribution is 2.15. The Bertz CT molecular complexity index is 704. The molecule has 1 amide bonds. The minimum Gasteiger partial charge on any atom is -0.347 e. The molecule has 94 valence electrons. The summed E-state index contributed by atoms with van der Waals surface area (Å²) in [7, 11) is 0. The molecule has 2 aromatic carbocycles. The van der Waals surface area contributed by atoms with Crippen molar-refractivity contribution in [2.24, 2.45) is 0 Å². The number of rotatable bonds is 3. The molecule has 0 aliphatic carbocycles. The molecule has 2 N–H and O–H groups in total. The fraction of sp³-hybridized carbons (Fsp3) is 0.0667. The zero-order valence-electron chi connectivity index (χ0n) is 10.3. The van der Waals surface area contributed by atoms with Gasteiger partial charge < -0.3 is 10.3 Å². The molecule has 0 unspecified atom stereocenters. The molecule has 0 aliphatic rings. The highest BCUT2D eigenvalue weighted by atomic mass is 16.1. The van der Waals surface area contributed by atoms with Gasteiger partial charge in [-0.15, -0.1) is 0 Å². The van der Waals surface area contributed by atoms with Gasteiger partial charge in [-0.1, -0.05) is 30.3 Å². The minimum absolute atomic E-state index is 0.0830. The number of aromatic nitrogens is 2. The van der Waals surface area contributed by atoms with Gasteiger partial charge in [-0.3, -0.25) is 4.79 Å². The van der Waals surface area contributed by atoms with Gasteiger partial charge in [0.1, 0.15) is 0 Å². The van der Waals surface area contributed by atoms with Crippen LogP contribution in [0.2, 0.25) is 0 Å². The molecular weight excluding hydrogens is 238 g/mol. The van der Waals surface area contributed by atoms with Crippen LogP contribution in [-0.4, -0.2) is 15.9 Å². The first-order valence-electron chi connectivity index (χ1n) is 6.07. The summed E-state index contributed by atoms with van der Waals surface area (Å²) in [4.78, 5) is 18.9. The van der Waals surface area contributed by atoms with Crippen LogP contribution in [0, 0.1) is 0 Å². The number of fused-ring (bicyclic) bond motifs is 1. The highest BCUT2D eigenvalue weighted by Gasteiger charge is 2.06. The monoisotopic (exact) mass is 251 g/mol. The number of nitrogens with zero attached hydrogens (tertiary/aromatic N) is 1. The van der Waals surface area contributed by atoms with Crippen LogP contribution >= 0.6 is 0 Å². The van der Waals surface area contributed by atoms with E-state index >= 15 is 0 Å². The van der Waals surface area contributed by atoms with Crippen LogP contribution in [0.4, 0.5) is 0 Å². The molecule has 0 spiro atoms. The van der Waals surface area contributed by atoms with E-state index in [1.165, 1.54) is 0 Å². The van der Waals surface area contributed by atoms with Gasteiger partial charge in [-0.2, -0.15) is 0 Å². The maximum absolute atomic E-state index is 12.0. The summed E-state index contributed by atoms with van der Waals surface area (Å²) in [6.07, 6.45) is 3.29. The average Bonchev–Trinajstić information content (AvgIpc) is 2.97. The van der Waals surface area contributed by atoms with Gasteiger partial charge in [-0.05, 0) is 22.9 Å². The van der Waals surface area contributed by atoms with E-state index in [1.54, 1.807) is 12.5 Å². The Morgan fingerprint density at radius 3 is 2.79 bits per heavy atom. The van der Waals surface area contributed by atoms with Crippen LogP contribution < -0.4 is 5.32 Å². The second-order valence-corrected chi connectivity index (χ2v) is 4.32. The van der Waals surface area contributed by atoms with Crippen molar-refractivity contribution in [1.29, 1.82) is 0 Å². The lowest BCUT2D eigenvalue weighted by Gasteiger charge is -2.05. The first-order chi connectivity index (χ1) is 9.33. The van der Waals surface area contributed by atoms with E-state index in [2.05, 4.69) is 15.3 Å². The fourth-order valence-corrected chi connectivity index (χ4v) is 1.99. The van der Waals surface area contributed by atoms with Crippen LogP contribution in [0.3, 0.4) is 0 Å². The fourth-order valence-electron chi connectivity index (χ4n) is 1.99. The Kier molecular flexibility index (Phi) is 2.98.